The van der Waals surface area contributed by atoms with E-state index in [1.807, 2.05) is 0 Å². The molecule has 0 saturated carbocycles. The summed E-state index contributed by atoms with van der Waals surface area (Å²) in [6.07, 6.45) is 0.719. The van der Waals surface area contributed by atoms with Crippen LogP contribution in [0, 0.1) is 0 Å². The number of phenolic OH excluding ortho intramolecular Hbond substituents is 1. The molecule has 0 spiro atoms. The topological polar surface area (TPSA) is 78.8 Å². The fraction of sp³-hybridized carbons (Fsp3) is 0.417. The highest BCUT2D eigenvalue weighted by Gasteiger charge is 2.03. The number of aromatic hydroxyl groups is 1. The summed E-state index contributed by atoms with van der Waals surface area (Å²) in [5, 5.41) is 21.1. The number of hydrogen-bond donors (Lipinski definition) is 3. The van der Waals surface area contributed by atoms with E-state index in [9.17, 15) is 9.90 Å². The molecule has 5 nitrogen and oxygen atoms in total. The van der Waals surface area contributed by atoms with Gasteiger partial charge in [-0.1, -0.05) is 0 Å². The standard InChI is InChI=1S/C12H17NO4/c1-17-10-4-5-11(14)9(7-10)8-13-6-2-3-12(15)16/h4-5,7,13-14H,2-3,6,8H2,1H3,(H,15,16). The molecule has 94 valence electrons. The van der Waals surface area contributed by atoms with Crippen molar-refractivity contribution in [3.63, 3.8) is 0 Å². The molecule has 0 fully saturated rings. The molecule has 0 aromatic heterocycles. The van der Waals surface area contributed by atoms with Crippen molar-refractivity contribution in [2.24, 2.45) is 0 Å². The second kappa shape index (κ2) is 6.75. The van der Waals surface area contributed by atoms with Crippen LogP contribution in [0.5, 0.6) is 11.5 Å². The number of aliphatic carboxylic acids is 1. The van der Waals surface area contributed by atoms with Crippen LogP contribution in [0.3, 0.4) is 0 Å². The van der Waals surface area contributed by atoms with Crippen molar-refractivity contribution in [3.8, 4) is 11.5 Å². The third-order valence-corrected chi connectivity index (χ3v) is 2.35. The Hall–Kier alpha value is -1.75. The van der Waals surface area contributed by atoms with Gasteiger partial charge in [0.2, 0.25) is 0 Å². The number of phenols is 1. The molecule has 17 heavy (non-hydrogen) atoms. The Morgan fingerprint density at radius 3 is 2.88 bits per heavy atom. The van der Waals surface area contributed by atoms with Gasteiger partial charge in [0.25, 0.3) is 0 Å². The minimum atomic E-state index is -0.795. The predicted molar refractivity (Wildman–Crippen MR) is 63.2 cm³/mol. The molecule has 0 saturated heterocycles. The second-order valence-corrected chi connectivity index (χ2v) is 3.67. The number of benzene rings is 1. The molecule has 1 aromatic rings. The Kier molecular flexibility index (Phi) is 5.29. The maximum Gasteiger partial charge on any atom is 0.303 e. The van der Waals surface area contributed by atoms with Crippen LogP contribution in [0.15, 0.2) is 18.2 Å². The number of rotatable bonds is 7. The molecule has 0 bridgehead atoms. The Balaban J connectivity index is 2.38. The summed E-state index contributed by atoms with van der Waals surface area (Å²) in [6.45, 7) is 1.09. The molecule has 0 heterocycles. The van der Waals surface area contributed by atoms with E-state index in [0.29, 0.717) is 25.3 Å². The van der Waals surface area contributed by atoms with Gasteiger partial charge in [-0.25, -0.2) is 0 Å². The summed E-state index contributed by atoms with van der Waals surface area (Å²) in [5.74, 6) is 0.0951. The van der Waals surface area contributed by atoms with Crippen LogP contribution < -0.4 is 10.1 Å². The van der Waals surface area contributed by atoms with E-state index < -0.39 is 5.97 Å². The van der Waals surface area contributed by atoms with Crippen LogP contribution >= 0.6 is 0 Å². The maximum atomic E-state index is 10.3. The highest BCUT2D eigenvalue weighted by molar-refractivity contribution is 5.66. The number of methoxy groups -OCH3 is 1. The highest BCUT2D eigenvalue weighted by atomic mass is 16.5. The zero-order chi connectivity index (χ0) is 12.7. The average molecular weight is 239 g/mol. The van der Waals surface area contributed by atoms with Gasteiger partial charge in [-0.3, -0.25) is 4.79 Å². The van der Waals surface area contributed by atoms with E-state index in [1.54, 1.807) is 25.3 Å². The first-order valence-corrected chi connectivity index (χ1v) is 5.42. The SMILES string of the molecule is COc1ccc(O)c(CNCCCC(=O)O)c1. The molecule has 5 heteroatoms. The van der Waals surface area contributed by atoms with Gasteiger partial charge in [-0.15, -0.1) is 0 Å². The van der Waals surface area contributed by atoms with Crippen molar-refractivity contribution in [1.82, 2.24) is 5.32 Å². The number of carboxylic acid groups (broad SMARTS) is 1. The van der Waals surface area contributed by atoms with Gasteiger partial charge < -0.3 is 20.3 Å². The first-order chi connectivity index (χ1) is 8.13. The van der Waals surface area contributed by atoms with Crippen molar-refractivity contribution in [2.75, 3.05) is 13.7 Å². The molecule has 0 aliphatic carbocycles. The van der Waals surface area contributed by atoms with Gasteiger partial charge in [0.1, 0.15) is 11.5 Å². The van der Waals surface area contributed by atoms with Crippen LogP contribution in [0.1, 0.15) is 18.4 Å². The first-order valence-electron chi connectivity index (χ1n) is 5.42. The fourth-order valence-electron chi connectivity index (χ4n) is 1.42. The lowest BCUT2D eigenvalue weighted by Gasteiger charge is -2.08. The van der Waals surface area contributed by atoms with Crippen molar-refractivity contribution >= 4 is 5.97 Å². The van der Waals surface area contributed by atoms with E-state index in [-0.39, 0.29) is 12.2 Å². The lowest BCUT2D eigenvalue weighted by molar-refractivity contribution is -0.137. The molecule has 1 rings (SSSR count). The van der Waals surface area contributed by atoms with Crippen LogP contribution in [0.4, 0.5) is 0 Å². The smallest absolute Gasteiger partial charge is 0.303 e. The van der Waals surface area contributed by atoms with Crippen LogP contribution in [-0.4, -0.2) is 29.8 Å². The first kappa shape index (κ1) is 13.3. The summed E-state index contributed by atoms with van der Waals surface area (Å²) in [6, 6.07) is 5.01. The normalized spacial score (nSPS) is 10.2. The molecule has 0 amide bonds. The molecule has 0 radical (unpaired) electrons. The largest absolute Gasteiger partial charge is 0.508 e. The maximum absolute atomic E-state index is 10.3. The predicted octanol–water partition coefficient (Wildman–Crippen LogP) is 1.36. The minimum absolute atomic E-state index is 0.150. The summed E-state index contributed by atoms with van der Waals surface area (Å²) in [4.78, 5) is 10.3. The number of carboxylic acids is 1. The van der Waals surface area contributed by atoms with Crippen molar-refractivity contribution in [2.45, 2.75) is 19.4 Å². The molecule has 1 aromatic carbocycles. The number of nitrogens with one attached hydrogen (secondary N) is 1. The summed E-state index contributed by atoms with van der Waals surface area (Å²) < 4.78 is 5.05. The van der Waals surface area contributed by atoms with Crippen molar-refractivity contribution in [3.05, 3.63) is 23.8 Å². The molecule has 3 N–H and O–H groups in total. The summed E-state index contributed by atoms with van der Waals surface area (Å²) >= 11 is 0. The van der Waals surface area contributed by atoms with E-state index in [0.717, 1.165) is 5.56 Å². The Morgan fingerprint density at radius 2 is 2.24 bits per heavy atom. The third-order valence-electron chi connectivity index (χ3n) is 2.35. The minimum Gasteiger partial charge on any atom is -0.508 e. The quantitative estimate of drug-likeness (QED) is 0.626. The van der Waals surface area contributed by atoms with Gasteiger partial charge in [-0.2, -0.15) is 0 Å². The average Bonchev–Trinajstić information content (AvgIpc) is 2.30. The molecule has 0 atom stereocenters. The van der Waals surface area contributed by atoms with Gasteiger partial charge in [-0.05, 0) is 31.2 Å². The van der Waals surface area contributed by atoms with E-state index >= 15 is 0 Å². The Bertz CT molecular complexity index is 379. The van der Waals surface area contributed by atoms with E-state index in [2.05, 4.69) is 5.32 Å². The molecular formula is C12H17NO4. The Labute approximate surface area is 100 Å². The van der Waals surface area contributed by atoms with Crippen LogP contribution in [0.25, 0.3) is 0 Å². The monoisotopic (exact) mass is 239 g/mol. The van der Waals surface area contributed by atoms with Gasteiger partial charge in [0, 0.05) is 18.5 Å². The molecule has 0 aliphatic heterocycles. The van der Waals surface area contributed by atoms with Gasteiger partial charge >= 0.3 is 5.97 Å². The molecule has 0 aliphatic rings. The lowest BCUT2D eigenvalue weighted by atomic mass is 10.2. The van der Waals surface area contributed by atoms with Crippen LogP contribution in [-0.2, 0) is 11.3 Å². The summed E-state index contributed by atoms with van der Waals surface area (Å²) in [7, 11) is 1.57. The lowest BCUT2D eigenvalue weighted by Crippen LogP contribution is -2.15. The molecular weight excluding hydrogens is 222 g/mol. The summed E-state index contributed by atoms with van der Waals surface area (Å²) in [5.41, 5.74) is 0.736. The van der Waals surface area contributed by atoms with Gasteiger partial charge in [0.15, 0.2) is 0 Å². The van der Waals surface area contributed by atoms with Crippen molar-refractivity contribution in [1.29, 1.82) is 0 Å². The zero-order valence-electron chi connectivity index (χ0n) is 9.77. The number of hydrogen-bond acceptors (Lipinski definition) is 4. The van der Waals surface area contributed by atoms with Crippen molar-refractivity contribution < 1.29 is 19.7 Å². The number of ether oxygens (including phenoxy) is 1. The highest BCUT2D eigenvalue weighted by Crippen LogP contribution is 2.22. The fourth-order valence-corrected chi connectivity index (χ4v) is 1.42. The van der Waals surface area contributed by atoms with E-state index in [1.165, 1.54) is 0 Å². The van der Waals surface area contributed by atoms with E-state index in [4.69, 9.17) is 9.84 Å². The van der Waals surface area contributed by atoms with Crippen LogP contribution in [0.2, 0.25) is 0 Å². The zero-order valence-corrected chi connectivity index (χ0v) is 9.77. The van der Waals surface area contributed by atoms with Gasteiger partial charge in [0.05, 0.1) is 7.11 Å². The second-order valence-electron chi connectivity index (χ2n) is 3.67. The molecule has 0 unspecified atom stereocenters. The number of carbonyl (C=O) groups is 1. The third kappa shape index (κ3) is 4.74. The Morgan fingerprint density at radius 1 is 1.47 bits per heavy atom.